The van der Waals surface area contributed by atoms with Crippen molar-refractivity contribution in [3.63, 3.8) is 0 Å². The predicted molar refractivity (Wildman–Crippen MR) is 99.7 cm³/mol. The fraction of sp³-hybridized carbons (Fsp3) is 0.632. The average molecular weight is 384 g/mol. The van der Waals surface area contributed by atoms with Crippen LogP contribution in [0.2, 0.25) is 0 Å². The number of carboxylic acid groups (broad SMARTS) is 1. The van der Waals surface area contributed by atoms with Gasteiger partial charge in [-0.05, 0) is 50.2 Å². The zero-order valence-corrected chi connectivity index (χ0v) is 16.8. The van der Waals surface area contributed by atoms with Gasteiger partial charge in [-0.3, -0.25) is 4.18 Å². The fourth-order valence-electron chi connectivity index (χ4n) is 3.88. The maximum atomic E-state index is 12.3. The van der Waals surface area contributed by atoms with Crippen molar-refractivity contribution < 1.29 is 22.5 Å². The minimum atomic E-state index is -3.79. The third-order valence-electron chi connectivity index (χ3n) is 5.40. The first-order valence-corrected chi connectivity index (χ1v) is 10.4. The van der Waals surface area contributed by atoms with Gasteiger partial charge >= 0.3 is 6.09 Å². The molecule has 2 rings (SSSR count). The Kier molecular flexibility index (Phi) is 6.02. The standard InChI is InChI=1S/C19H29NO5S/c1-15-7-9-16(10-8-15)26(23,24)25-14-6-12-19(18(2,3)4)11-5-13-20(19)17(21)22/h7-10H,5-6,11-14H2,1-4H3,(H,21,22)/t19-/m1/s1. The first-order valence-electron chi connectivity index (χ1n) is 8.96. The second-order valence-corrected chi connectivity index (χ2v) is 9.63. The molecule has 1 aliphatic heterocycles. The van der Waals surface area contributed by atoms with Crippen molar-refractivity contribution in [2.75, 3.05) is 13.2 Å². The molecule has 0 aliphatic carbocycles. The van der Waals surface area contributed by atoms with Crippen molar-refractivity contribution in [3.05, 3.63) is 29.8 Å². The van der Waals surface area contributed by atoms with Crippen LogP contribution in [0.15, 0.2) is 29.2 Å². The van der Waals surface area contributed by atoms with Crippen molar-refractivity contribution >= 4 is 16.2 Å². The summed E-state index contributed by atoms with van der Waals surface area (Å²) < 4.78 is 29.7. The molecule has 1 N–H and O–H groups in total. The van der Waals surface area contributed by atoms with E-state index < -0.39 is 21.8 Å². The number of amides is 1. The van der Waals surface area contributed by atoms with Gasteiger partial charge in [0.25, 0.3) is 10.1 Å². The molecule has 1 aromatic rings. The summed E-state index contributed by atoms with van der Waals surface area (Å²) in [7, 11) is -3.79. The highest BCUT2D eigenvalue weighted by molar-refractivity contribution is 7.86. The number of aryl methyl sites for hydroxylation is 1. The predicted octanol–water partition coefficient (Wildman–Crippen LogP) is 4.04. The van der Waals surface area contributed by atoms with E-state index in [-0.39, 0.29) is 16.9 Å². The van der Waals surface area contributed by atoms with Gasteiger partial charge in [-0.1, -0.05) is 38.5 Å². The molecule has 0 radical (unpaired) electrons. The number of likely N-dealkylation sites (tertiary alicyclic amines) is 1. The summed E-state index contributed by atoms with van der Waals surface area (Å²) in [6.45, 7) is 8.57. The molecule has 0 spiro atoms. The lowest BCUT2D eigenvalue weighted by Crippen LogP contribution is -2.55. The Morgan fingerprint density at radius 1 is 1.27 bits per heavy atom. The van der Waals surface area contributed by atoms with E-state index in [4.69, 9.17) is 4.18 Å². The summed E-state index contributed by atoms with van der Waals surface area (Å²) in [5, 5.41) is 9.57. The van der Waals surface area contributed by atoms with Crippen molar-refractivity contribution in [2.24, 2.45) is 5.41 Å². The average Bonchev–Trinajstić information content (AvgIpc) is 2.97. The van der Waals surface area contributed by atoms with Gasteiger partial charge in [0, 0.05) is 6.54 Å². The maximum Gasteiger partial charge on any atom is 0.407 e. The number of hydrogen-bond acceptors (Lipinski definition) is 4. The van der Waals surface area contributed by atoms with E-state index in [2.05, 4.69) is 0 Å². The molecule has 1 aromatic carbocycles. The Morgan fingerprint density at radius 3 is 2.42 bits per heavy atom. The Bertz CT molecular complexity index is 736. The number of hydrogen-bond donors (Lipinski definition) is 1. The monoisotopic (exact) mass is 383 g/mol. The molecule has 1 amide bonds. The van der Waals surface area contributed by atoms with Crippen LogP contribution in [-0.2, 0) is 14.3 Å². The maximum absolute atomic E-state index is 12.3. The summed E-state index contributed by atoms with van der Waals surface area (Å²) in [5.74, 6) is 0. The van der Waals surface area contributed by atoms with Gasteiger partial charge in [0.15, 0.2) is 0 Å². The molecular weight excluding hydrogens is 354 g/mol. The van der Waals surface area contributed by atoms with Crippen LogP contribution in [0.5, 0.6) is 0 Å². The molecule has 1 fully saturated rings. The SMILES string of the molecule is Cc1ccc(S(=O)(=O)OCCC[C@@]2(C(C)(C)C)CCCN2C(=O)O)cc1. The van der Waals surface area contributed by atoms with Crippen molar-refractivity contribution in [2.45, 2.75) is 63.8 Å². The molecule has 26 heavy (non-hydrogen) atoms. The molecular formula is C19H29NO5S. The summed E-state index contributed by atoms with van der Waals surface area (Å²) in [6, 6.07) is 6.52. The van der Waals surface area contributed by atoms with Crippen LogP contribution in [0.25, 0.3) is 0 Å². The molecule has 7 heteroatoms. The van der Waals surface area contributed by atoms with Crippen LogP contribution >= 0.6 is 0 Å². The molecule has 1 saturated heterocycles. The summed E-state index contributed by atoms with van der Waals surface area (Å²) in [5.41, 5.74) is 0.249. The Labute approximate surface area is 156 Å². The molecule has 0 unspecified atom stereocenters. The van der Waals surface area contributed by atoms with E-state index >= 15 is 0 Å². The molecule has 1 atom stereocenters. The van der Waals surface area contributed by atoms with Crippen LogP contribution < -0.4 is 0 Å². The fourth-order valence-corrected chi connectivity index (χ4v) is 4.82. The Morgan fingerprint density at radius 2 is 1.88 bits per heavy atom. The van der Waals surface area contributed by atoms with Gasteiger partial charge in [0.05, 0.1) is 17.0 Å². The van der Waals surface area contributed by atoms with Crippen molar-refractivity contribution in [3.8, 4) is 0 Å². The largest absolute Gasteiger partial charge is 0.465 e. The quantitative estimate of drug-likeness (QED) is 0.592. The van der Waals surface area contributed by atoms with E-state index in [0.717, 1.165) is 18.4 Å². The number of rotatable bonds is 6. The highest BCUT2D eigenvalue weighted by Gasteiger charge is 2.51. The highest BCUT2D eigenvalue weighted by atomic mass is 32.2. The van der Waals surface area contributed by atoms with E-state index in [0.29, 0.717) is 19.4 Å². The van der Waals surface area contributed by atoms with Gasteiger partial charge in [-0.25, -0.2) is 4.79 Å². The van der Waals surface area contributed by atoms with Gasteiger partial charge in [0.2, 0.25) is 0 Å². The minimum absolute atomic E-state index is 0.0432. The minimum Gasteiger partial charge on any atom is -0.465 e. The van der Waals surface area contributed by atoms with E-state index in [1.165, 1.54) is 17.0 Å². The van der Waals surface area contributed by atoms with Gasteiger partial charge in [-0.15, -0.1) is 0 Å². The van der Waals surface area contributed by atoms with Crippen LogP contribution in [-0.4, -0.2) is 43.2 Å². The Balaban J connectivity index is 2.02. The molecule has 0 aromatic heterocycles. The molecule has 146 valence electrons. The first kappa shape index (κ1) is 20.7. The zero-order valence-electron chi connectivity index (χ0n) is 16.0. The van der Waals surface area contributed by atoms with Gasteiger partial charge in [-0.2, -0.15) is 8.42 Å². The topological polar surface area (TPSA) is 83.9 Å². The highest BCUT2D eigenvalue weighted by Crippen LogP contribution is 2.46. The second-order valence-electron chi connectivity index (χ2n) is 8.01. The molecule has 6 nitrogen and oxygen atoms in total. The molecule has 1 heterocycles. The van der Waals surface area contributed by atoms with Crippen molar-refractivity contribution in [1.29, 1.82) is 0 Å². The summed E-state index contributed by atoms with van der Waals surface area (Å²) in [4.78, 5) is 13.3. The van der Waals surface area contributed by atoms with Gasteiger partial charge in [0.1, 0.15) is 0 Å². The Hall–Kier alpha value is -1.60. The van der Waals surface area contributed by atoms with Crippen LogP contribution in [0.1, 0.15) is 52.0 Å². The molecule has 0 saturated carbocycles. The van der Waals surface area contributed by atoms with Crippen molar-refractivity contribution in [1.82, 2.24) is 4.90 Å². The van der Waals surface area contributed by atoms with E-state index in [1.54, 1.807) is 12.1 Å². The lowest BCUT2D eigenvalue weighted by atomic mass is 9.69. The number of carbonyl (C=O) groups is 1. The normalized spacial score (nSPS) is 21.2. The number of nitrogens with zero attached hydrogens (tertiary/aromatic N) is 1. The molecule has 0 bridgehead atoms. The van der Waals surface area contributed by atoms with Crippen LogP contribution in [0.4, 0.5) is 4.79 Å². The van der Waals surface area contributed by atoms with Gasteiger partial charge < -0.3 is 10.0 Å². The third-order valence-corrected chi connectivity index (χ3v) is 6.73. The third kappa shape index (κ3) is 4.20. The smallest absolute Gasteiger partial charge is 0.407 e. The lowest BCUT2D eigenvalue weighted by molar-refractivity contribution is 0.0204. The van der Waals surface area contributed by atoms with Crippen LogP contribution in [0.3, 0.4) is 0 Å². The number of benzene rings is 1. The zero-order chi connectivity index (χ0) is 19.6. The molecule has 1 aliphatic rings. The second kappa shape index (κ2) is 7.56. The lowest BCUT2D eigenvalue weighted by Gasteiger charge is -2.47. The van der Waals surface area contributed by atoms with E-state index in [1.807, 2.05) is 27.7 Å². The van der Waals surface area contributed by atoms with E-state index in [9.17, 15) is 18.3 Å². The van der Waals surface area contributed by atoms with Crippen LogP contribution in [0, 0.1) is 12.3 Å². The summed E-state index contributed by atoms with van der Waals surface area (Å²) >= 11 is 0. The summed E-state index contributed by atoms with van der Waals surface area (Å²) in [6.07, 6.45) is 1.75. The first-order chi connectivity index (χ1) is 12.0.